The van der Waals surface area contributed by atoms with Gasteiger partial charge in [0.25, 0.3) is 5.91 Å². The van der Waals surface area contributed by atoms with Crippen molar-refractivity contribution in [1.29, 1.82) is 0 Å². The standard InChI is InChI=1S/C27H29ClN4O/c1-14-30-23-6-4-3-5-19(23)26(31-14)22-13-21(22)18-9-10-20(27(33)29-2)24(25(18)28)15-11-16-7-8-17(12-15)32-16/h3-6,9-10,15-17,21-22,32H,7-8,11-13H2,1-2H3,(H,29,33)/t15?,16-,17+,21-,22+/m1/s1. The Labute approximate surface area is 199 Å². The number of carbonyl (C=O) groups excluding carboxylic acids is 1. The van der Waals surface area contributed by atoms with Crippen LogP contribution in [0.1, 0.15) is 82.9 Å². The van der Waals surface area contributed by atoms with Crippen LogP contribution in [0.5, 0.6) is 0 Å². The van der Waals surface area contributed by atoms with E-state index in [4.69, 9.17) is 16.6 Å². The quantitative estimate of drug-likeness (QED) is 0.560. The fourth-order valence-corrected chi connectivity index (χ4v) is 6.73. The smallest absolute Gasteiger partial charge is 0.251 e. The Hall–Kier alpha value is -2.50. The lowest BCUT2D eigenvalue weighted by atomic mass is 9.82. The lowest BCUT2D eigenvalue weighted by molar-refractivity contribution is 0.0961. The number of benzene rings is 2. The number of aromatic nitrogens is 2. The molecule has 3 aromatic rings. The largest absolute Gasteiger partial charge is 0.355 e. The first-order chi connectivity index (χ1) is 16.0. The molecule has 1 saturated carbocycles. The van der Waals surface area contributed by atoms with Crippen LogP contribution in [-0.4, -0.2) is 35.0 Å². The Morgan fingerprint density at radius 2 is 1.79 bits per heavy atom. The molecular weight excluding hydrogens is 432 g/mol. The molecule has 2 aliphatic heterocycles. The number of halogens is 1. The molecule has 33 heavy (non-hydrogen) atoms. The van der Waals surface area contributed by atoms with E-state index < -0.39 is 0 Å². The second-order valence-corrected chi connectivity index (χ2v) is 10.3. The summed E-state index contributed by atoms with van der Waals surface area (Å²) in [5.41, 5.74) is 5.07. The third kappa shape index (κ3) is 3.62. The summed E-state index contributed by atoms with van der Waals surface area (Å²) in [6.07, 6.45) is 5.56. The Morgan fingerprint density at radius 3 is 2.55 bits per heavy atom. The van der Waals surface area contributed by atoms with Crippen LogP contribution < -0.4 is 10.6 Å². The molecule has 5 nitrogen and oxygen atoms in total. The fraction of sp³-hybridized carbons (Fsp3) is 0.444. The lowest BCUT2D eigenvalue weighted by Gasteiger charge is -2.31. The number of piperidine rings is 1. The summed E-state index contributed by atoms with van der Waals surface area (Å²) in [5, 5.41) is 8.46. The van der Waals surface area contributed by atoms with Gasteiger partial charge in [0.2, 0.25) is 0 Å². The topological polar surface area (TPSA) is 66.9 Å². The monoisotopic (exact) mass is 460 g/mol. The molecule has 2 aromatic carbocycles. The Balaban J connectivity index is 1.39. The lowest BCUT2D eigenvalue weighted by Crippen LogP contribution is -2.38. The van der Waals surface area contributed by atoms with Crippen molar-refractivity contribution in [3.05, 3.63) is 69.6 Å². The molecule has 6 rings (SSSR count). The number of carbonyl (C=O) groups is 1. The third-order valence-corrected chi connectivity index (χ3v) is 8.27. The van der Waals surface area contributed by atoms with Crippen LogP contribution in [0.3, 0.4) is 0 Å². The predicted molar refractivity (Wildman–Crippen MR) is 131 cm³/mol. The zero-order valence-electron chi connectivity index (χ0n) is 19.1. The van der Waals surface area contributed by atoms with Gasteiger partial charge in [-0.2, -0.15) is 0 Å². The van der Waals surface area contributed by atoms with Gasteiger partial charge in [-0.1, -0.05) is 35.9 Å². The summed E-state index contributed by atoms with van der Waals surface area (Å²) in [6.45, 7) is 1.96. The summed E-state index contributed by atoms with van der Waals surface area (Å²) in [7, 11) is 1.69. The SMILES string of the molecule is CNC(=O)c1ccc([C@H]2C[C@@H]2c2nc(C)nc3ccccc23)c(Cl)c1C1C[C@H]2CC[C@@H](C1)N2. The number of aryl methyl sites for hydroxylation is 1. The van der Waals surface area contributed by atoms with Gasteiger partial charge in [-0.15, -0.1) is 0 Å². The molecule has 2 N–H and O–H groups in total. The molecule has 0 spiro atoms. The van der Waals surface area contributed by atoms with Crippen molar-refractivity contribution in [1.82, 2.24) is 20.6 Å². The summed E-state index contributed by atoms with van der Waals surface area (Å²) in [5.74, 6) is 1.74. The van der Waals surface area contributed by atoms with E-state index in [9.17, 15) is 4.79 Å². The Bertz CT molecular complexity index is 1250. The van der Waals surface area contributed by atoms with E-state index in [0.717, 1.165) is 63.4 Å². The van der Waals surface area contributed by atoms with Gasteiger partial charge in [0.1, 0.15) is 5.82 Å². The minimum Gasteiger partial charge on any atom is -0.355 e. The van der Waals surface area contributed by atoms with E-state index in [1.54, 1.807) is 7.05 Å². The van der Waals surface area contributed by atoms with E-state index in [1.165, 1.54) is 12.8 Å². The van der Waals surface area contributed by atoms with E-state index in [0.29, 0.717) is 29.8 Å². The summed E-state index contributed by atoms with van der Waals surface area (Å²) in [6, 6.07) is 13.4. The summed E-state index contributed by atoms with van der Waals surface area (Å²) >= 11 is 7.17. The van der Waals surface area contributed by atoms with Crippen LogP contribution in [-0.2, 0) is 0 Å². The highest BCUT2D eigenvalue weighted by molar-refractivity contribution is 6.33. The molecule has 5 atom stereocenters. The highest BCUT2D eigenvalue weighted by Gasteiger charge is 2.44. The maximum Gasteiger partial charge on any atom is 0.251 e. The van der Waals surface area contributed by atoms with Crippen LogP contribution in [0.15, 0.2) is 36.4 Å². The van der Waals surface area contributed by atoms with Crippen molar-refractivity contribution in [2.24, 2.45) is 0 Å². The normalized spacial score (nSPS) is 28.2. The van der Waals surface area contributed by atoms with E-state index in [-0.39, 0.29) is 5.91 Å². The van der Waals surface area contributed by atoms with Gasteiger partial charge in [-0.25, -0.2) is 9.97 Å². The van der Waals surface area contributed by atoms with Gasteiger partial charge in [0.05, 0.1) is 11.2 Å². The molecular formula is C27H29ClN4O. The van der Waals surface area contributed by atoms with Crippen molar-refractivity contribution >= 4 is 28.4 Å². The predicted octanol–water partition coefficient (Wildman–Crippen LogP) is 5.22. The number of fused-ring (bicyclic) bond motifs is 3. The molecule has 1 aliphatic carbocycles. The van der Waals surface area contributed by atoms with Crippen LogP contribution in [0.4, 0.5) is 0 Å². The highest BCUT2D eigenvalue weighted by Crippen LogP contribution is 2.58. The first kappa shape index (κ1) is 21.1. The average molecular weight is 461 g/mol. The molecule has 2 bridgehead atoms. The molecule has 2 saturated heterocycles. The van der Waals surface area contributed by atoms with Gasteiger partial charge in [-0.3, -0.25) is 4.79 Å². The molecule has 170 valence electrons. The number of hydrogen-bond acceptors (Lipinski definition) is 4. The van der Waals surface area contributed by atoms with Gasteiger partial charge in [0, 0.05) is 41.0 Å². The maximum atomic E-state index is 12.8. The van der Waals surface area contributed by atoms with Crippen molar-refractivity contribution in [3.8, 4) is 0 Å². The first-order valence-corrected chi connectivity index (χ1v) is 12.4. The Kier molecular flexibility index (Phi) is 5.15. The van der Waals surface area contributed by atoms with Crippen LogP contribution in [0.25, 0.3) is 10.9 Å². The van der Waals surface area contributed by atoms with Gasteiger partial charge in [0.15, 0.2) is 0 Å². The van der Waals surface area contributed by atoms with Gasteiger partial charge in [-0.05, 0) is 74.1 Å². The van der Waals surface area contributed by atoms with Crippen LogP contribution in [0.2, 0.25) is 5.02 Å². The van der Waals surface area contributed by atoms with Crippen molar-refractivity contribution < 1.29 is 4.79 Å². The van der Waals surface area contributed by atoms with Gasteiger partial charge < -0.3 is 10.6 Å². The second-order valence-electron chi connectivity index (χ2n) is 9.94. The van der Waals surface area contributed by atoms with E-state index >= 15 is 0 Å². The molecule has 0 radical (unpaired) electrons. The van der Waals surface area contributed by atoms with Gasteiger partial charge >= 0.3 is 0 Å². The number of para-hydroxylation sites is 1. The average Bonchev–Trinajstić information content (AvgIpc) is 3.54. The minimum absolute atomic E-state index is 0.0471. The Morgan fingerprint density at radius 1 is 1.03 bits per heavy atom. The molecule has 3 aliphatic rings. The number of amides is 1. The first-order valence-electron chi connectivity index (χ1n) is 12.1. The third-order valence-electron chi connectivity index (χ3n) is 7.85. The number of nitrogens with zero attached hydrogens (tertiary/aromatic N) is 2. The van der Waals surface area contributed by atoms with E-state index in [2.05, 4.69) is 39.9 Å². The zero-order chi connectivity index (χ0) is 22.7. The molecule has 3 fully saturated rings. The summed E-state index contributed by atoms with van der Waals surface area (Å²) in [4.78, 5) is 22.2. The van der Waals surface area contributed by atoms with Crippen molar-refractivity contribution in [3.63, 3.8) is 0 Å². The van der Waals surface area contributed by atoms with Crippen LogP contribution in [0, 0.1) is 6.92 Å². The molecule has 6 heteroatoms. The molecule has 1 unspecified atom stereocenters. The molecule has 3 heterocycles. The zero-order valence-corrected chi connectivity index (χ0v) is 19.8. The van der Waals surface area contributed by atoms with Crippen molar-refractivity contribution in [2.75, 3.05) is 7.05 Å². The minimum atomic E-state index is -0.0471. The molecule has 1 amide bonds. The van der Waals surface area contributed by atoms with Crippen LogP contribution >= 0.6 is 11.6 Å². The number of hydrogen-bond donors (Lipinski definition) is 2. The second kappa shape index (κ2) is 8.07. The number of rotatable bonds is 4. The highest BCUT2D eigenvalue weighted by atomic mass is 35.5. The molecule has 1 aromatic heterocycles. The fourth-order valence-electron chi connectivity index (χ4n) is 6.27. The van der Waals surface area contributed by atoms with Crippen molar-refractivity contribution in [2.45, 2.75) is 68.9 Å². The number of nitrogens with one attached hydrogen (secondary N) is 2. The van der Waals surface area contributed by atoms with E-state index in [1.807, 2.05) is 19.1 Å². The summed E-state index contributed by atoms with van der Waals surface area (Å²) < 4.78 is 0. The maximum absolute atomic E-state index is 12.8.